The van der Waals surface area contributed by atoms with Gasteiger partial charge in [0.15, 0.2) is 11.5 Å². The van der Waals surface area contributed by atoms with Gasteiger partial charge in [-0.05, 0) is 41.8 Å². The van der Waals surface area contributed by atoms with Crippen molar-refractivity contribution in [3.05, 3.63) is 46.5 Å². The third-order valence-corrected chi connectivity index (χ3v) is 3.05. The highest BCUT2D eigenvalue weighted by Crippen LogP contribution is 2.28. The average molecular weight is 279 g/mol. The number of aryl methyl sites for hydroxylation is 1. The van der Waals surface area contributed by atoms with Gasteiger partial charge in [0, 0.05) is 12.6 Å². The van der Waals surface area contributed by atoms with Gasteiger partial charge >= 0.3 is 0 Å². The van der Waals surface area contributed by atoms with Gasteiger partial charge in [0.2, 0.25) is 5.28 Å². The van der Waals surface area contributed by atoms with Crippen LogP contribution in [-0.4, -0.2) is 24.2 Å². The smallest absolute Gasteiger partial charge is 0.222 e. The number of methoxy groups -OCH3 is 2. The first-order chi connectivity index (χ1) is 9.13. The molecule has 2 rings (SSSR count). The highest BCUT2D eigenvalue weighted by molar-refractivity contribution is 6.28. The standard InChI is InChI=1S/C14H15ClN2O2/c1-9-8-16-14(15)17-11(9)6-10-4-5-12(18-2)13(7-10)19-3/h4-5,7-8H,6H2,1-3H3. The number of benzene rings is 1. The van der Waals surface area contributed by atoms with E-state index in [1.54, 1.807) is 20.4 Å². The number of halogens is 1. The van der Waals surface area contributed by atoms with Crippen molar-refractivity contribution in [2.75, 3.05) is 14.2 Å². The van der Waals surface area contributed by atoms with Crippen molar-refractivity contribution >= 4 is 11.6 Å². The minimum Gasteiger partial charge on any atom is -0.493 e. The molecule has 1 heterocycles. The predicted octanol–water partition coefficient (Wildman–Crippen LogP) is 3.05. The van der Waals surface area contributed by atoms with E-state index in [1.807, 2.05) is 25.1 Å². The molecule has 0 aliphatic carbocycles. The van der Waals surface area contributed by atoms with Crippen LogP contribution < -0.4 is 9.47 Å². The SMILES string of the molecule is COc1ccc(Cc2nc(Cl)ncc2C)cc1OC. The summed E-state index contributed by atoms with van der Waals surface area (Å²) in [6.07, 6.45) is 2.40. The van der Waals surface area contributed by atoms with Crippen LogP contribution in [0.3, 0.4) is 0 Å². The molecule has 2 aromatic rings. The van der Waals surface area contributed by atoms with Crippen LogP contribution in [0.25, 0.3) is 0 Å². The second-order valence-corrected chi connectivity index (χ2v) is 4.47. The van der Waals surface area contributed by atoms with Crippen LogP contribution in [0.1, 0.15) is 16.8 Å². The van der Waals surface area contributed by atoms with E-state index in [0.29, 0.717) is 17.9 Å². The number of rotatable bonds is 4. The predicted molar refractivity (Wildman–Crippen MR) is 74.1 cm³/mol. The van der Waals surface area contributed by atoms with Gasteiger partial charge in [-0.2, -0.15) is 0 Å². The number of aromatic nitrogens is 2. The highest BCUT2D eigenvalue weighted by atomic mass is 35.5. The Bertz CT molecular complexity index is 588. The second-order valence-electron chi connectivity index (χ2n) is 4.13. The summed E-state index contributed by atoms with van der Waals surface area (Å²) in [5.74, 6) is 1.42. The molecular formula is C14H15ClN2O2. The van der Waals surface area contributed by atoms with Crippen molar-refractivity contribution in [1.82, 2.24) is 9.97 Å². The Morgan fingerprint density at radius 1 is 1.16 bits per heavy atom. The molecule has 0 aliphatic rings. The molecule has 0 N–H and O–H groups in total. The molecule has 0 aliphatic heterocycles. The van der Waals surface area contributed by atoms with Gasteiger partial charge in [-0.25, -0.2) is 9.97 Å². The van der Waals surface area contributed by atoms with Crippen LogP contribution in [0.4, 0.5) is 0 Å². The van der Waals surface area contributed by atoms with Crippen LogP contribution in [0.5, 0.6) is 11.5 Å². The topological polar surface area (TPSA) is 44.2 Å². The van der Waals surface area contributed by atoms with Crippen LogP contribution in [0.2, 0.25) is 5.28 Å². The Labute approximate surface area is 117 Å². The molecule has 0 saturated heterocycles. The monoisotopic (exact) mass is 278 g/mol. The highest BCUT2D eigenvalue weighted by Gasteiger charge is 2.08. The van der Waals surface area contributed by atoms with Gasteiger partial charge < -0.3 is 9.47 Å². The third kappa shape index (κ3) is 3.15. The minimum absolute atomic E-state index is 0.265. The molecular weight excluding hydrogens is 264 g/mol. The Morgan fingerprint density at radius 2 is 1.89 bits per heavy atom. The third-order valence-electron chi connectivity index (χ3n) is 2.87. The summed E-state index contributed by atoms with van der Waals surface area (Å²) in [5, 5.41) is 0.265. The molecule has 0 amide bonds. The van der Waals surface area contributed by atoms with Crippen LogP contribution >= 0.6 is 11.6 Å². The molecule has 0 saturated carbocycles. The summed E-state index contributed by atoms with van der Waals surface area (Å²) >= 11 is 5.82. The fourth-order valence-electron chi connectivity index (χ4n) is 1.82. The average Bonchev–Trinajstić information content (AvgIpc) is 2.42. The summed E-state index contributed by atoms with van der Waals surface area (Å²) in [7, 11) is 3.24. The molecule has 100 valence electrons. The van der Waals surface area contributed by atoms with Gasteiger partial charge in [0.25, 0.3) is 0 Å². The molecule has 1 aromatic carbocycles. The van der Waals surface area contributed by atoms with Gasteiger partial charge in [-0.3, -0.25) is 0 Å². The summed E-state index contributed by atoms with van der Waals surface area (Å²) in [6, 6.07) is 5.80. The summed E-state index contributed by atoms with van der Waals surface area (Å²) in [5.41, 5.74) is 3.00. The Balaban J connectivity index is 2.30. The number of nitrogens with zero attached hydrogens (tertiary/aromatic N) is 2. The van der Waals surface area contributed by atoms with Crippen LogP contribution in [0.15, 0.2) is 24.4 Å². The molecule has 19 heavy (non-hydrogen) atoms. The van der Waals surface area contributed by atoms with Crippen molar-refractivity contribution in [2.24, 2.45) is 0 Å². The maximum Gasteiger partial charge on any atom is 0.222 e. The van der Waals surface area contributed by atoms with Gasteiger partial charge in [0.05, 0.1) is 19.9 Å². The second kappa shape index (κ2) is 5.89. The fraction of sp³-hybridized carbons (Fsp3) is 0.286. The first-order valence-electron chi connectivity index (χ1n) is 5.83. The molecule has 0 radical (unpaired) electrons. The minimum atomic E-state index is 0.265. The van der Waals surface area contributed by atoms with Crippen molar-refractivity contribution in [1.29, 1.82) is 0 Å². The zero-order valence-corrected chi connectivity index (χ0v) is 11.9. The summed E-state index contributed by atoms with van der Waals surface area (Å²) in [6.45, 7) is 1.96. The molecule has 1 aromatic heterocycles. The fourth-order valence-corrected chi connectivity index (χ4v) is 1.97. The van der Waals surface area contributed by atoms with Crippen molar-refractivity contribution in [3.8, 4) is 11.5 Å². The van der Waals surface area contributed by atoms with E-state index in [9.17, 15) is 0 Å². The molecule has 0 spiro atoms. The molecule has 0 fully saturated rings. The molecule has 0 unspecified atom stereocenters. The van der Waals surface area contributed by atoms with Crippen LogP contribution in [-0.2, 0) is 6.42 Å². The van der Waals surface area contributed by atoms with Crippen LogP contribution in [0, 0.1) is 6.92 Å². The van der Waals surface area contributed by atoms with Gasteiger partial charge in [-0.1, -0.05) is 6.07 Å². The maximum atomic E-state index is 5.82. The van der Waals surface area contributed by atoms with Crippen molar-refractivity contribution < 1.29 is 9.47 Å². The number of ether oxygens (including phenoxy) is 2. The first-order valence-corrected chi connectivity index (χ1v) is 6.20. The van der Waals surface area contributed by atoms with Gasteiger partial charge in [-0.15, -0.1) is 0 Å². The molecule has 5 heteroatoms. The zero-order chi connectivity index (χ0) is 13.8. The molecule has 0 bridgehead atoms. The van der Waals surface area contributed by atoms with E-state index >= 15 is 0 Å². The Kier molecular flexibility index (Phi) is 4.22. The molecule has 4 nitrogen and oxygen atoms in total. The van der Waals surface area contributed by atoms with Gasteiger partial charge in [0.1, 0.15) is 0 Å². The Morgan fingerprint density at radius 3 is 2.58 bits per heavy atom. The summed E-state index contributed by atoms with van der Waals surface area (Å²) < 4.78 is 10.5. The van der Waals surface area contributed by atoms with Crippen molar-refractivity contribution in [3.63, 3.8) is 0 Å². The Hall–Kier alpha value is -1.81. The molecule has 0 atom stereocenters. The van der Waals surface area contributed by atoms with E-state index in [2.05, 4.69) is 9.97 Å². The number of hydrogen-bond donors (Lipinski definition) is 0. The van der Waals surface area contributed by atoms with E-state index in [1.165, 1.54) is 0 Å². The lowest BCUT2D eigenvalue weighted by Gasteiger charge is -2.10. The first kappa shape index (κ1) is 13.6. The van der Waals surface area contributed by atoms with E-state index in [-0.39, 0.29) is 5.28 Å². The lowest BCUT2D eigenvalue weighted by atomic mass is 10.1. The summed E-state index contributed by atoms with van der Waals surface area (Å²) in [4.78, 5) is 8.20. The van der Waals surface area contributed by atoms with E-state index < -0.39 is 0 Å². The maximum absolute atomic E-state index is 5.82. The quantitative estimate of drug-likeness (QED) is 0.807. The van der Waals surface area contributed by atoms with E-state index in [4.69, 9.17) is 21.1 Å². The largest absolute Gasteiger partial charge is 0.493 e. The lowest BCUT2D eigenvalue weighted by Crippen LogP contribution is -1.99. The number of hydrogen-bond acceptors (Lipinski definition) is 4. The zero-order valence-electron chi connectivity index (χ0n) is 11.1. The lowest BCUT2D eigenvalue weighted by molar-refractivity contribution is 0.354. The van der Waals surface area contributed by atoms with Crippen molar-refractivity contribution in [2.45, 2.75) is 13.3 Å². The normalized spacial score (nSPS) is 10.3. The van der Waals surface area contributed by atoms with E-state index in [0.717, 1.165) is 16.8 Å².